The number of carbonyl (C=O) groups is 2. The molecular formula is C38H40F2N10O2. The van der Waals surface area contributed by atoms with E-state index in [1.807, 2.05) is 24.3 Å². The monoisotopic (exact) mass is 706 g/mol. The van der Waals surface area contributed by atoms with E-state index < -0.39 is 24.2 Å². The molecule has 8 N–H and O–H groups in total. The third-order valence-corrected chi connectivity index (χ3v) is 9.45. The molecule has 0 aliphatic heterocycles. The number of nitrogens with one attached hydrogen (secondary N) is 4. The summed E-state index contributed by atoms with van der Waals surface area (Å²) in [6.07, 6.45) is 5.33. The van der Waals surface area contributed by atoms with E-state index in [1.54, 1.807) is 36.9 Å². The van der Waals surface area contributed by atoms with Crippen LogP contribution in [0.15, 0.2) is 61.2 Å². The molecule has 268 valence electrons. The van der Waals surface area contributed by atoms with Crippen molar-refractivity contribution in [1.29, 1.82) is 0 Å². The van der Waals surface area contributed by atoms with E-state index in [0.717, 1.165) is 55.2 Å². The van der Waals surface area contributed by atoms with Crippen molar-refractivity contribution in [1.82, 2.24) is 30.4 Å². The number of alkyl halides is 2. The molecule has 8 rings (SSSR count). The molecule has 4 heterocycles. The molecule has 0 spiro atoms. The lowest BCUT2D eigenvalue weighted by Crippen LogP contribution is -2.15. The summed E-state index contributed by atoms with van der Waals surface area (Å²) in [5.41, 5.74) is 19.6. The second-order valence-corrected chi connectivity index (χ2v) is 14.1. The Morgan fingerprint density at radius 3 is 1.40 bits per heavy atom. The fourth-order valence-electron chi connectivity index (χ4n) is 6.26. The standard InChI is InChI=1S/2C19H20FN5O/c2*1-9(2)18-14(8-23-25-18)10-3-11-5-17(22-7-13(11)16(21)4-10)24-19(26)12-6-15(12)20/h2*3-5,7-9,12,15H,6,21H2,1-2H3,(H,23,25)(H,22,24,26)/t2*12-,15-/m10/s1. The number of aromatic amines is 2. The number of aromatic nitrogens is 6. The zero-order valence-corrected chi connectivity index (χ0v) is 29.2. The summed E-state index contributed by atoms with van der Waals surface area (Å²) in [6.45, 7) is 8.37. The zero-order valence-electron chi connectivity index (χ0n) is 29.2. The quantitative estimate of drug-likeness (QED) is 0.0891. The van der Waals surface area contributed by atoms with Gasteiger partial charge in [-0.2, -0.15) is 10.2 Å². The van der Waals surface area contributed by atoms with E-state index in [4.69, 9.17) is 11.5 Å². The number of pyridine rings is 2. The molecule has 14 heteroatoms. The van der Waals surface area contributed by atoms with Gasteiger partial charge in [0.25, 0.3) is 0 Å². The molecule has 2 saturated carbocycles. The number of nitrogens with two attached hydrogens (primary N) is 2. The van der Waals surface area contributed by atoms with E-state index in [0.29, 0.717) is 34.8 Å². The highest BCUT2D eigenvalue weighted by molar-refractivity contribution is 6.01. The van der Waals surface area contributed by atoms with E-state index in [9.17, 15) is 18.4 Å². The summed E-state index contributed by atoms with van der Waals surface area (Å²) < 4.78 is 26.1. The number of benzene rings is 2. The first-order valence-corrected chi connectivity index (χ1v) is 17.2. The molecule has 2 fully saturated rings. The molecule has 4 atom stereocenters. The van der Waals surface area contributed by atoms with Gasteiger partial charge in [0.1, 0.15) is 24.0 Å². The van der Waals surface area contributed by atoms with Gasteiger partial charge in [0.15, 0.2) is 0 Å². The van der Waals surface area contributed by atoms with Gasteiger partial charge >= 0.3 is 0 Å². The van der Waals surface area contributed by atoms with Gasteiger partial charge in [0.05, 0.1) is 24.2 Å². The first-order valence-electron chi connectivity index (χ1n) is 17.2. The summed E-state index contributed by atoms with van der Waals surface area (Å²) in [5, 5.41) is 23.0. The van der Waals surface area contributed by atoms with Crippen LogP contribution in [-0.4, -0.2) is 54.5 Å². The first kappa shape index (κ1) is 34.5. The van der Waals surface area contributed by atoms with Crippen LogP contribution < -0.4 is 22.1 Å². The Labute approximate surface area is 298 Å². The van der Waals surface area contributed by atoms with Crippen molar-refractivity contribution in [3.05, 3.63) is 72.6 Å². The third kappa shape index (κ3) is 7.00. The van der Waals surface area contributed by atoms with Crippen LogP contribution in [0.25, 0.3) is 43.8 Å². The van der Waals surface area contributed by atoms with Crippen molar-refractivity contribution in [3.8, 4) is 22.3 Å². The summed E-state index contributed by atoms with van der Waals surface area (Å²) in [6, 6.07) is 11.3. The van der Waals surface area contributed by atoms with Gasteiger partial charge in [-0.25, -0.2) is 18.7 Å². The smallest absolute Gasteiger partial charge is 0.231 e. The molecule has 2 aromatic carbocycles. The van der Waals surface area contributed by atoms with E-state index in [2.05, 4.69) is 68.7 Å². The molecule has 0 saturated heterocycles. The van der Waals surface area contributed by atoms with E-state index >= 15 is 0 Å². The Hall–Kier alpha value is -5.92. The first-order chi connectivity index (χ1) is 24.9. The van der Waals surface area contributed by atoms with Crippen molar-refractivity contribution in [2.24, 2.45) is 11.8 Å². The molecular weight excluding hydrogens is 666 g/mol. The number of hydrogen-bond donors (Lipinski definition) is 6. The highest BCUT2D eigenvalue weighted by Crippen LogP contribution is 2.38. The van der Waals surface area contributed by atoms with Gasteiger partial charge in [-0.15, -0.1) is 0 Å². The second-order valence-electron chi connectivity index (χ2n) is 14.1. The Kier molecular flexibility index (Phi) is 9.07. The molecule has 12 nitrogen and oxygen atoms in total. The number of halogens is 2. The summed E-state index contributed by atoms with van der Waals surface area (Å²) in [5.74, 6) is -0.376. The number of amides is 2. The molecule has 0 bridgehead atoms. The molecule has 2 aliphatic rings. The molecule has 4 aromatic heterocycles. The van der Waals surface area contributed by atoms with Crippen molar-refractivity contribution in [3.63, 3.8) is 0 Å². The van der Waals surface area contributed by atoms with Crippen LogP contribution in [0.2, 0.25) is 0 Å². The summed E-state index contributed by atoms with van der Waals surface area (Å²) in [7, 11) is 0. The fraction of sp³-hybridized carbons (Fsp3) is 0.316. The minimum absolute atomic E-state index is 0.287. The Bertz CT molecular complexity index is 2160. The van der Waals surface area contributed by atoms with Crippen LogP contribution in [0.1, 0.15) is 63.8 Å². The van der Waals surface area contributed by atoms with Gasteiger partial charge in [-0.1, -0.05) is 27.7 Å². The maximum absolute atomic E-state index is 13.0. The number of anilines is 4. The lowest BCUT2D eigenvalue weighted by atomic mass is 9.97. The van der Waals surface area contributed by atoms with Crippen LogP contribution in [0, 0.1) is 11.8 Å². The normalized spacial score (nSPS) is 19.1. The third-order valence-electron chi connectivity index (χ3n) is 9.45. The number of rotatable bonds is 8. The van der Waals surface area contributed by atoms with Crippen molar-refractivity contribution in [2.75, 3.05) is 22.1 Å². The molecule has 0 unspecified atom stereocenters. The maximum atomic E-state index is 13.0. The van der Waals surface area contributed by atoms with Crippen LogP contribution in [0.4, 0.5) is 31.8 Å². The molecule has 6 aromatic rings. The minimum Gasteiger partial charge on any atom is -0.398 e. The number of hydrogen-bond acceptors (Lipinski definition) is 8. The summed E-state index contributed by atoms with van der Waals surface area (Å²) in [4.78, 5) is 32.3. The predicted molar refractivity (Wildman–Crippen MR) is 199 cm³/mol. The van der Waals surface area contributed by atoms with Crippen molar-refractivity contribution >= 4 is 56.4 Å². The lowest BCUT2D eigenvalue weighted by molar-refractivity contribution is -0.118. The Balaban J connectivity index is 0.000000162. The average molecular weight is 707 g/mol. The van der Waals surface area contributed by atoms with Crippen LogP contribution in [0.3, 0.4) is 0 Å². The Morgan fingerprint density at radius 1 is 0.673 bits per heavy atom. The lowest BCUT2D eigenvalue weighted by Gasteiger charge is -2.11. The highest BCUT2D eigenvalue weighted by Gasteiger charge is 2.44. The number of carbonyl (C=O) groups excluding carboxylic acids is 2. The SMILES string of the molecule is CC(C)c1[nH]ncc1-c1cc(N)c2cnc(NC(=O)[C@@H]3C[C@H]3F)cc2c1.CC(C)c1[nH]ncc1-c1cc(N)c2cnc(NC(=O)[C@H]3C[C@@H]3F)cc2c1. The van der Waals surface area contributed by atoms with Gasteiger partial charge in [-0.3, -0.25) is 19.8 Å². The van der Waals surface area contributed by atoms with Gasteiger partial charge in [0, 0.05) is 57.1 Å². The number of H-pyrrole nitrogens is 2. The number of nitrogens with zero attached hydrogens (tertiary/aromatic N) is 4. The number of fused-ring (bicyclic) bond motifs is 2. The average Bonchev–Trinajstić information content (AvgIpc) is 3.84. The van der Waals surface area contributed by atoms with Crippen molar-refractivity contribution < 1.29 is 18.4 Å². The largest absolute Gasteiger partial charge is 0.398 e. The molecule has 2 amide bonds. The predicted octanol–water partition coefficient (Wildman–Crippen LogP) is 7.25. The van der Waals surface area contributed by atoms with Gasteiger partial charge < -0.3 is 22.1 Å². The van der Waals surface area contributed by atoms with E-state index in [1.165, 1.54) is 0 Å². The highest BCUT2D eigenvalue weighted by atomic mass is 19.1. The molecule has 0 radical (unpaired) electrons. The van der Waals surface area contributed by atoms with Crippen LogP contribution >= 0.6 is 0 Å². The maximum Gasteiger partial charge on any atom is 0.231 e. The Morgan fingerprint density at radius 2 is 1.06 bits per heavy atom. The van der Waals surface area contributed by atoms with E-state index in [-0.39, 0.29) is 24.7 Å². The van der Waals surface area contributed by atoms with Crippen molar-refractivity contribution in [2.45, 2.75) is 64.7 Å². The fourth-order valence-corrected chi connectivity index (χ4v) is 6.26. The second kappa shape index (κ2) is 13.7. The molecule has 2 aliphatic carbocycles. The molecule has 52 heavy (non-hydrogen) atoms. The van der Waals surface area contributed by atoms with Gasteiger partial charge in [-0.05, 0) is 83.0 Å². The number of nitrogen functional groups attached to an aromatic ring is 2. The van der Waals surface area contributed by atoms with Crippen LogP contribution in [0.5, 0.6) is 0 Å². The minimum atomic E-state index is -1.03. The zero-order chi connectivity index (χ0) is 36.8. The van der Waals surface area contributed by atoms with Gasteiger partial charge in [0.2, 0.25) is 11.8 Å². The topological polar surface area (TPSA) is 193 Å². The van der Waals surface area contributed by atoms with Crippen LogP contribution in [-0.2, 0) is 9.59 Å². The summed E-state index contributed by atoms with van der Waals surface area (Å²) >= 11 is 0.